The Labute approximate surface area is 154 Å². The number of rotatable bonds is 7. The highest BCUT2D eigenvalue weighted by atomic mass is 35.5. The number of carbonyl (C=O) groups excluding carboxylic acids is 2. The highest BCUT2D eigenvalue weighted by Gasteiger charge is 2.18. The van der Waals surface area contributed by atoms with Crippen molar-refractivity contribution in [2.24, 2.45) is 0 Å². The Morgan fingerprint density at radius 3 is 2.50 bits per heavy atom. The molecule has 138 valence electrons. The van der Waals surface area contributed by atoms with Crippen LogP contribution >= 0.6 is 11.6 Å². The van der Waals surface area contributed by atoms with Gasteiger partial charge >= 0.3 is 5.97 Å². The Morgan fingerprint density at radius 1 is 1.19 bits per heavy atom. The number of hydrogen-bond donors (Lipinski definition) is 1. The van der Waals surface area contributed by atoms with Gasteiger partial charge in [-0.05, 0) is 49.4 Å². The lowest BCUT2D eigenvalue weighted by Crippen LogP contribution is -2.31. The van der Waals surface area contributed by atoms with Crippen molar-refractivity contribution in [1.82, 2.24) is 0 Å². The molecule has 0 saturated heterocycles. The number of amides is 1. The summed E-state index contributed by atoms with van der Waals surface area (Å²) in [6, 6.07) is 10.2. The third kappa shape index (κ3) is 5.63. The molecule has 0 spiro atoms. The average Bonchev–Trinajstić information content (AvgIpc) is 2.61. The first-order valence-corrected chi connectivity index (χ1v) is 7.99. The van der Waals surface area contributed by atoms with Crippen LogP contribution in [-0.2, 0) is 14.3 Å². The van der Waals surface area contributed by atoms with Crippen LogP contribution in [0, 0.1) is 5.82 Å². The molecule has 0 bridgehead atoms. The van der Waals surface area contributed by atoms with Gasteiger partial charge in [0.2, 0.25) is 0 Å². The maximum Gasteiger partial charge on any atom is 0.344 e. The molecule has 0 fully saturated rings. The lowest BCUT2D eigenvalue weighted by atomic mass is 10.3. The van der Waals surface area contributed by atoms with Crippen molar-refractivity contribution in [2.45, 2.75) is 13.0 Å². The van der Waals surface area contributed by atoms with Gasteiger partial charge in [0.15, 0.2) is 12.7 Å². The second kappa shape index (κ2) is 9.05. The number of halogens is 2. The van der Waals surface area contributed by atoms with Gasteiger partial charge in [-0.15, -0.1) is 0 Å². The second-order valence-corrected chi connectivity index (χ2v) is 5.62. The van der Waals surface area contributed by atoms with E-state index in [-0.39, 0.29) is 10.8 Å². The Morgan fingerprint density at radius 2 is 1.88 bits per heavy atom. The maximum absolute atomic E-state index is 12.9. The van der Waals surface area contributed by atoms with Crippen LogP contribution in [0.5, 0.6) is 11.5 Å². The fourth-order valence-corrected chi connectivity index (χ4v) is 2.15. The molecule has 0 heterocycles. The third-order valence-electron chi connectivity index (χ3n) is 3.27. The molecule has 6 nitrogen and oxygen atoms in total. The van der Waals surface area contributed by atoms with Gasteiger partial charge in [-0.2, -0.15) is 0 Å². The van der Waals surface area contributed by atoms with Crippen LogP contribution in [0.3, 0.4) is 0 Å². The summed E-state index contributed by atoms with van der Waals surface area (Å²) in [6.07, 6.45) is -1.03. The van der Waals surface area contributed by atoms with E-state index in [4.69, 9.17) is 25.8 Å². The quantitative estimate of drug-likeness (QED) is 0.744. The second-order valence-electron chi connectivity index (χ2n) is 5.21. The summed E-state index contributed by atoms with van der Waals surface area (Å²) in [4.78, 5) is 23.8. The largest absolute Gasteiger partial charge is 0.497 e. The number of carbonyl (C=O) groups is 2. The van der Waals surface area contributed by atoms with Gasteiger partial charge in [0.1, 0.15) is 17.3 Å². The first-order chi connectivity index (χ1) is 12.4. The summed E-state index contributed by atoms with van der Waals surface area (Å²) in [5, 5.41) is 2.64. The summed E-state index contributed by atoms with van der Waals surface area (Å²) in [6.45, 7) is 0.965. The molecule has 1 atom stereocenters. The van der Waals surface area contributed by atoms with Crippen molar-refractivity contribution in [2.75, 3.05) is 19.0 Å². The number of ether oxygens (including phenoxy) is 3. The lowest BCUT2D eigenvalue weighted by molar-refractivity contribution is -0.155. The predicted molar refractivity (Wildman–Crippen MR) is 94.1 cm³/mol. The van der Waals surface area contributed by atoms with Crippen LogP contribution in [0.15, 0.2) is 42.5 Å². The van der Waals surface area contributed by atoms with Gasteiger partial charge in [-0.25, -0.2) is 9.18 Å². The Bertz CT molecular complexity index is 782. The number of methoxy groups -OCH3 is 1. The zero-order chi connectivity index (χ0) is 19.1. The molecule has 0 aliphatic heterocycles. The molecule has 0 aliphatic carbocycles. The average molecular weight is 382 g/mol. The van der Waals surface area contributed by atoms with Gasteiger partial charge in [0.25, 0.3) is 5.91 Å². The minimum atomic E-state index is -1.03. The molecule has 2 aromatic rings. The van der Waals surface area contributed by atoms with E-state index in [0.717, 1.165) is 12.1 Å². The summed E-state index contributed by atoms with van der Waals surface area (Å²) in [5.74, 6) is -0.987. The van der Waals surface area contributed by atoms with Crippen molar-refractivity contribution in [3.8, 4) is 11.5 Å². The van der Waals surface area contributed by atoms with Crippen molar-refractivity contribution >= 4 is 29.2 Å². The van der Waals surface area contributed by atoms with Crippen LogP contribution < -0.4 is 14.8 Å². The molecule has 2 aromatic carbocycles. The van der Waals surface area contributed by atoms with Crippen LogP contribution in [0.2, 0.25) is 5.02 Å². The molecule has 0 saturated carbocycles. The smallest absolute Gasteiger partial charge is 0.344 e. The van der Waals surface area contributed by atoms with Crippen molar-refractivity contribution in [3.63, 3.8) is 0 Å². The zero-order valence-corrected chi connectivity index (χ0v) is 14.9. The summed E-state index contributed by atoms with van der Waals surface area (Å²) in [5.41, 5.74) is 0.535. The van der Waals surface area contributed by atoms with Gasteiger partial charge in [-0.1, -0.05) is 11.6 Å². The van der Waals surface area contributed by atoms with Gasteiger partial charge in [0, 0.05) is 5.69 Å². The molecular formula is C18H17ClFNO5. The van der Waals surface area contributed by atoms with Gasteiger partial charge in [-0.3, -0.25) is 4.79 Å². The first-order valence-electron chi connectivity index (χ1n) is 7.61. The topological polar surface area (TPSA) is 73.9 Å². The molecule has 0 aromatic heterocycles. The fourth-order valence-electron chi connectivity index (χ4n) is 1.93. The van der Waals surface area contributed by atoms with E-state index >= 15 is 0 Å². The zero-order valence-electron chi connectivity index (χ0n) is 14.1. The van der Waals surface area contributed by atoms with E-state index in [1.54, 1.807) is 24.3 Å². The fraction of sp³-hybridized carbons (Fsp3) is 0.222. The van der Waals surface area contributed by atoms with Crippen molar-refractivity contribution in [1.29, 1.82) is 0 Å². The molecule has 8 heteroatoms. The molecule has 2 rings (SSSR count). The van der Waals surface area contributed by atoms with E-state index in [2.05, 4.69) is 5.32 Å². The highest BCUT2D eigenvalue weighted by molar-refractivity contribution is 6.32. The minimum absolute atomic E-state index is 0.0306. The van der Waals surface area contributed by atoms with Gasteiger partial charge in [0.05, 0.1) is 12.1 Å². The van der Waals surface area contributed by atoms with Crippen LogP contribution in [-0.4, -0.2) is 31.7 Å². The number of hydrogen-bond acceptors (Lipinski definition) is 5. The summed E-state index contributed by atoms with van der Waals surface area (Å²) in [7, 11) is 1.54. The van der Waals surface area contributed by atoms with E-state index in [1.165, 1.54) is 20.1 Å². The monoisotopic (exact) mass is 381 g/mol. The minimum Gasteiger partial charge on any atom is -0.497 e. The van der Waals surface area contributed by atoms with E-state index in [9.17, 15) is 14.0 Å². The van der Waals surface area contributed by atoms with Crippen LogP contribution in [0.4, 0.5) is 10.1 Å². The SMILES string of the molecule is COc1ccc(NC(=O)[C@@H](C)OC(=O)COc2ccc(F)cc2Cl)cc1. The molecule has 0 aliphatic rings. The summed E-state index contributed by atoms with van der Waals surface area (Å²) < 4.78 is 28.1. The molecule has 0 unspecified atom stereocenters. The lowest BCUT2D eigenvalue weighted by Gasteiger charge is -2.14. The van der Waals surface area contributed by atoms with E-state index in [0.29, 0.717) is 11.4 Å². The Hall–Kier alpha value is -2.80. The van der Waals surface area contributed by atoms with Crippen LogP contribution in [0.25, 0.3) is 0 Å². The number of benzene rings is 2. The number of anilines is 1. The molecule has 26 heavy (non-hydrogen) atoms. The maximum atomic E-state index is 12.9. The molecule has 1 amide bonds. The van der Waals surface area contributed by atoms with Crippen molar-refractivity contribution in [3.05, 3.63) is 53.3 Å². The third-order valence-corrected chi connectivity index (χ3v) is 3.57. The summed E-state index contributed by atoms with van der Waals surface area (Å²) >= 11 is 5.79. The molecule has 1 N–H and O–H groups in total. The Balaban J connectivity index is 1.82. The van der Waals surface area contributed by atoms with Gasteiger partial charge < -0.3 is 19.5 Å². The number of nitrogens with one attached hydrogen (secondary N) is 1. The normalized spacial score (nSPS) is 11.4. The number of esters is 1. The highest BCUT2D eigenvalue weighted by Crippen LogP contribution is 2.24. The van der Waals surface area contributed by atoms with Crippen molar-refractivity contribution < 1.29 is 28.2 Å². The molecule has 0 radical (unpaired) electrons. The van der Waals surface area contributed by atoms with Crippen LogP contribution in [0.1, 0.15) is 6.92 Å². The first kappa shape index (κ1) is 19.5. The standard InChI is InChI=1S/C18H17ClFNO5/c1-11(18(23)21-13-4-6-14(24-2)7-5-13)26-17(22)10-25-16-8-3-12(20)9-15(16)19/h3-9,11H,10H2,1-2H3,(H,21,23)/t11-/m1/s1. The van der Waals surface area contributed by atoms with E-state index < -0.39 is 30.4 Å². The van der Waals surface area contributed by atoms with E-state index in [1.807, 2.05) is 0 Å². The molecular weight excluding hydrogens is 365 g/mol. The predicted octanol–water partition coefficient (Wildman–Crippen LogP) is 3.44. The Kier molecular flexibility index (Phi) is 6.80.